The van der Waals surface area contributed by atoms with Crippen LogP contribution in [-0.2, 0) is 12.3 Å². The zero-order chi connectivity index (χ0) is 21.5. The van der Waals surface area contributed by atoms with Crippen LogP contribution in [0.1, 0.15) is 35.5 Å². The van der Waals surface area contributed by atoms with E-state index in [1.165, 1.54) is 4.68 Å². The van der Waals surface area contributed by atoms with Crippen molar-refractivity contribution in [3.05, 3.63) is 75.7 Å². The lowest BCUT2D eigenvalue weighted by Crippen LogP contribution is -2.32. The molecule has 0 aliphatic carbocycles. The van der Waals surface area contributed by atoms with Crippen LogP contribution in [0.25, 0.3) is 10.8 Å². The molecule has 30 heavy (non-hydrogen) atoms. The largest absolute Gasteiger partial charge is 0.350 e. The van der Waals surface area contributed by atoms with Crippen LogP contribution < -0.4 is 10.9 Å². The van der Waals surface area contributed by atoms with E-state index < -0.39 is 0 Å². The van der Waals surface area contributed by atoms with Crippen molar-refractivity contribution in [2.75, 3.05) is 12.3 Å². The van der Waals surface area contributed by atoms with Gasteiger partial charge in [0.25, 0.3) is 11.5 Å². The summed E-state index contributed by atoms with van der Waals surface area (Å²) in [5, 5.41) is 17.5. The highest BCUT2D eigenvalue weighted by molar-refractivity contribution is 7.98. The average molecular weight is 421 g/mol. The predicted octanol–water partition coefficient (Wildman–Crippen LogP) is 3.59. The Hall–Kier alpha value is -3.11. The molecule has 0 unspecified atom stereocenters. The molecule has 0 fully saturated rings. The molecule has 3 rings (SSSR count). The summed E-state index contributed by atoms with van der Waals surface area (Å²) in [6.45, 7) is 4.94. The number of carbonyl (C=O) groups excluding carboxylic acids is 1. The van der Waals surface area contributed by atoms with Gasteiger partial charge in [0.15, 0.2) is 5.69 Å². The normalized spacial score (nSPS) is 10.9. The molecule has 1 heterocycles. The molecule has 0 saturated heterocycles. The molecule has 1 amide bonds. The Morgan fingerprint density at radius 2 is 1.87 bits per heavy atom. The molecule has 0 aliphatic rings. The Morgan fingerprint density at radius 3 is 2.60 bits per heavy atom. The molecule has 1 aromatic heterocycles. The molecule has 0 bridgehead atoms. The van der Waals surface area contributed by atoms with Crippen molar-refractivity contribution in [3.63, 3.8) is 0 Å². The molecule has 154 valence electrons. The van der Waals surface area contributed by atoms with Crippen molar-refractivity contribution in [1.29, 1.82) is 5.26 Å². The van der Waals surface area contributed by atoms with Crippen molar-refractivity contribution in [1.82, 2.24) is 15.1 Å². The lowest BCUT2D eigenvalue weighted by molar-refractivity contribution is 0.0950. The summed E-state index contributed by atoms with van der Waals surface area (Å²) in [7, 11) is 0. The molecule has 1 N–H and O–H groups in total. The summed E-state index contributed by atoms with van der Waals surface area (Å²) in [6.07, 6.45) is 0. The molecule has 3 aromatic rings. The van der Waals surface area contributed by atoms with Gasteiger partial charge in [-0.2, -0.15) is 22.1 Å². The second-order valence-corrected chi connectivity index (χ2v) is 8.46. The minimum absolute atomic E-state index is 0.178. The van der Waals surface area contributed by atoms with Gasteiger partial charge in [-0.15, -0.1) is 0 Å². The molecular formula is C23H24N4O2S. The number of carbonyl (C=O) groups is 1. The smallest absolute Gasteiger partial charge is 0.274 e. The van der Waals surface area contributed by atoms with Crippen LogP contribution in [0, 0.1) is 17.2 Å². The van der Waals surface area contributed by atoms with Gasteiger partial charge >= 0.3 is 0 Å². The first-order valence-corrected chi connectivity index (χ1v) is 11.0. The predicted molar refractivity (Wildman–Crippen MR) is 120 cm³/mol. The van der Waals surface area contributed by atoms with Gasteiger partial charge < -0.3 is 5.32 Å². The number of amides is 1. The van der Waals surface area contributed by atoms with Crippen molar-refractivity contribution < 1.29 is 4.79 Å². The summed E-state index contributed by atoms with van der Waals surface area (Å²) in [5.74, 6) is 1.36. The molecule has 0 saturated carbocycles. The number of aromatic nitrogens is 2. The van der Waals surface area contributed by atoms with E-state index in [0.717, 1.165) is 5.56 Å². The zero-order valence-electron chi connectivity index (χ0n) is 17.1. The third kappa shape index (κ3) is 5.08. The van der Waals surface area contributed by atoms with Gasteiger partial charge in [0.2, 0.25) is 0 Å². The Balaban J connectivity index is 1.67. The highest BCUT2D eigenvalue weighted by atomic mass is 32.2. The standard InChI is InChI=1S/C23H24N4O2S/c1-16(2)14-27-23(29)20-10-6-5-9-19(20)21(26-27)22(28)25-11-12-30-15-18-8-4-3-7-17(18)13-24/h3-10,16H,11-12,14-15H2,1-2H3,(H,25,28). The molecule has 6 nitrogen and oxygen atoms in total. The lowest BCUT2D eigenvalue weighted by atomic mass is 10.1. The fraction of sp³-hybridized carbons (Fsp3) is 0.304. The zero-order valence-corrected chi connectivity index (χ0v) is 17.9. The minimum atomic E-state index is -0.290. The van der Waals surface area contributed by atoms with E-state index in [2.05, 4.69) is 16.5 Å². The summed E-state index contributed by atoms with van der Waals surface area (Å²) in [6, 6.07) is 16.8. The van der Waals surface area contributed by atoms with Gasteiger partial charge in [-0.1, -0.05) is 50.2 Å². The fourth-order valence-corrected chi connectivity index (χ4v) is 3.99. The number of benzene rings is 2. The summed E-state index contributed by atoms with van der Waals surface area (Å²) in [4.78, 5) is 25.5. The Morgan fingerprint density at radius 1 is 1.17 bits per heavy atom. The first-order chi connectivity index (χ1) is 14.5. The average Bonchev–Trinajstić information content (AvgIpc) is 2.75. The third-order valence-electron chi connectivity index (χ3n) is 4.55. The van der Waals surface area contributed by atoms with Gasteiger partial charge in [-0.05, 0) is 23.6 Å². The number of nitriles is 1. The van der Waals surface area contributed by atoms with Crippen LogP contribution >= 0.6 is 11.8 Å². The first-order valence-electron chi connectivity index (χ1n) is 9.85. The van der Waals surface area contributed by atoms with Crippen LogP contribution in [0.5, 0.6) is 0 Å². The number of rotatable bonds is 8. The second-order valence-electron chi connectivity index (χ2n) is 7.35. The number of hydrogen-bond acceptors (Lipinski definition) is 5. The molecule has 7 heteroatoms. The van der Waals surface area contributed by atoms with Crippen molar-refractivity contribution in [2.45, 2.75) is 26.1 Å². The van der Waals surface area contributed by atoms with Crippen molar-refractivity contribution >= 4 is 28.4 Å². The summed E-state index contributed by atoms with van der Waals surface area (Å²) in [5.41, 5.74) is 1.76. The van der Waals surface area contributed by atoms with Gasteiger partial charge in [0, 0.05) is 30.0 Å². The Labute approximate surface area is 179 Å². The van der Waals surface area contributed by atoms with Crippen molar-refractivity contribution in [2.24, 2.45) is 5.92 Å². The molecule has 0 radical (unpaired) electrons. The number of fused-ring (bicyclic) bond motifs is 1. The van der Waals surface area contributed by atoms with E-state index in [1.54, 1.807) is 42.1 Å². The maximum Gasteiger partial charge on any atom is 0.274 e. The van der Waals surface area contributed by atoms with Crippen LogP contribution in [-0.4, -0.2) is 28.0 Å². The number of nitrogens with one attached hydrogen (secondary N) is 1. The number of hydrogen-bond donors (Lipinski definition) is 1. The molecule has 0 spiro atoms. The van der Waals surface area contributed by atoms with Gasteiger partial charge in [-0.25, -0.2) is 4.68 Å². The van der Waals surface area contributed by atoms with E-state index in [-0.39, 0.29) is 23.1 Å². The van der Waals surface area contributed by atoms with Crippen LogP contribution in [0.2, 0.25) is 0 Å². The number of nitrogens with zero attached hydrogens (tertiary/aromatic N) is 3. The maximum absolute atomic E-state index is 12.8. The van der Waals surface area contributed by atoms with Gasteiger partial charge in [0.05, 0.1) is 17.0 Å². The van der Waals surface area contributed by atoms with Crippen LogP contribution in [0.4, 0.5) is 0 Å². The van der Waals surface area contributed by atoms with E-state index in [9.17, 15) is 9.59 Å². The minimum Gasteiger partial charge on any atom is -0.350 e. The summed E-state index contributed by atoms with van der Waals surface area (Å²) >= 11 is 1.65. The highest BCUT2D eigenvalue weighted by Gasteiger charge is 2.16. The van der Waals surface area contributed by atoms with E-state index in [0.29, 0.717) is 40.9 Å². The topological polar surface area (TPSA) is 87.8 Å². The number of thioether (sulfide) groups is 1. The van der Waals surface area contributed by atoms with Crippen LogP contribution in [0.15, 0.2) is 53.3 Å². The van der Waals surface area contributed by atoms with E-state index in [1.807, 2.05) is 32.0 Å². The van der Waals surface area contributed by atoms with Gasteiger partial charge in [-0.3, -0.25) is 9.59 Å². The molecule has 0 aliphatic heterocycles. The fourth-order valence-electron chi connectivity index (χ4n) is 3.13. The van der Waals surface area contributed by atoms with E-state index in [4.69, 9.17) is 5.26 Å². The Kier molecular flexibility index (Phi) is 7.26. The second kappa shape index (κ2) is 10.1. The monoisotopic (exact) mass is 420 g/mol. The Bertz CT molecular complexity index is 1150. The lowest BCUT2D eigenvalue weighted by Gasteiger charge is -2.12. The van der Waals surface area contributed by atoms with Gasteiger partial charge in [0.1, 0.15) is 0 Å². The highest BCUT2D eigenvalue weighted by Crippen LogP contribution is 2.16. The first kappa shape index (κ1) is 21.6. The van der Waals surface area contributed by atoms with Crippen LogP contribution in [0.3, 0.4) is 0 Å². The quantitative estimate of drug-likeness (QED) is 0.563. The van der Waals surface area contributed by atoms with E-state index >= 15 is 0 Å². The maximum atomic E-state index is 12.8. The molecule has 0 atom stereocenters. The summed E-state index contributed by atoms with van der Waals surface area (Å²) < 4.78 is 1.38. The van der Waals surface area contributed by atoms with Crippen molar-refractivity contribution in [3.8, 4) is 6.07 Å². The molecule has 2 aromatic carbocycles. The molecular weight excluding hydrogens is 396 g/mol. The SMILES string of the molecule is CC(C)Cn1nc(C(=O)NCCSCc2ccccc2C#N)c2ccccc2c1=O. The third-order valence-corrected chi connectivity index (χ3v) is 5.56.